The molecule has 132 valence electrons. The Morgan fingerprint density at radius 3 is 2.64 bits per heavy atom. The Morgan fingerprint density at radius 1 is 1.12 bits per heavy atom. The van der Waals surface area contributed by atoms with Crippen molar-refractivity contribution in [2.45, 2.75) is 11.3 Å². The third-order valence-electron chi connectivity index (χ3n) is 3.90. The molecule has 0 spiro atoms. The first-order valence-electron chi connectivity index (χ1n) is 7.54. The van der Waals surface area contributed by atoms with Crippen molar-refractivity contribution in [2.24, 2.45) is 0 Å². The van der Waals surface area contributed by atoms with Crippen LogP contribution in [-0.2, 0) is 11.2 Å². The van der Waals surface area contributed by atoms with Gasteiger partial charge in [0.05, 0.1) is 25.5 Å². The zero-order valence-corrected chi connectivity index (χ0v) is 14.7. The predicted molar refractivity (Wildman–Crippen MR) is 98.5 cm³/mol. The van der Waals surface area contributed by atoms with Crippen molar-refractivity contribution in [1.82, 2.24) is 0 Å². The molecule has 3 N–H and O–H groups in total. The van der Waals surface area contributed by atoms with Crippen LogP contribution in [0.25, 0.3) is 6.08 Å². The van der Waals surface area contributed by atoms with Crippen LogP contribution in [0.4, 0.5) is 5.69 Å². The largest absolute Gasteiger partial charge is 0.497 e. The van der Waals surface area contributed by atoms with Crippen molar-refractivity contribution in [2.75, 3.05) is 19.5 Å². The van der Waals surface area contributed by atoms with Gasteiger partial charge in [0, 0.05) is 22.7 Å². The van der Waals surface area contributed by atoms with Crippen molar-refractivity contribution in [3.05, 3.63) is 52.9 Å². The van der Waals surface area contributed by atoms with Gasteiger partial charge in [-0.15, -0.1) is 10.6 Å². The molecular formula is C18H19NO5S. The molecule has 2 aromatic rings. The maximum Gasteiger partial charge on any atom is 0.228 e. The zero-order valence-electron chi connectivity index (χ0n) is 13.9. The Morgan fingerprint density at radius 2 is 1.92 bits per heavy atom. The van der Waals surface area contributed by atoms with Gasteiger partial charge in [-0.05, 0) is 29.8 Å². The third kappa shape index (κ3) is 3.63. The van der Waals surface area contributed by atoms with Crippen molar-refractivity contribution < 1.29 is 23.4 Å². The van der Waals surface area contributed by atoms with E-state index < -0.39 is 10.6 Å². The molecular weight excluding hydrogens is 342 g/mol. The van der Waals surface area contributed by atoms with E-state index in [-0.39, 0.29) is 12.3 Å². The summed E-state index contributed by atoms with van der Waals surface area (Å²) in [5.74, 6) is 0.991. The summed E-state index contributed by atoms with van der Waals surface area (Å²) >= 11 is 0. The van der Waals surface area contributed by atoms with Crippen LogP contribution in [0.15, 0.2) is 46.7 Å². The van der Waals surface area contributed by atoms with Gasteiger partial charge in [-0.1, -0.05) is 12.1 Å². The Hall–Kier alpha value is -2.48. The summed E-state index contributed by atoms with van der Waals surface area (Å²) < 4.78 is 30.4. The van der Waals surface area contributed by atoms with Gasteiger partial charge in [0.1, 0.15) is 11.5 Å². The quantitative estimate of drug-likeness (QED) is 0.750. The first-order valence-corrected chi connectivity index (χ1v) is 9.15. The normalized spacial score (nSPS) is 15.4. The molecule has 0 unspecified atom stereocenters. The molecule has 1 amide bonds. The van der Waals surface area contributed by atoms with Crippen molar-refractivity contribution in [1.29, 1.82) is 0 Å². The van der Waals surface area contributed by atoms with Crippen LogP contribution in [0.1, 0.15) is 11.1 Å². The average Bonchev–Trinajstić information content (AvgIpc) is 2.90. The van der Waals surface area contributed by atoms with E-state index in [1.807, 2.05) is 0 Å². The van der Waals surface area contributed by atoms with E-state index in [1.165, 1.54) is 12.5 Å². The predicted octanol–water partition coefficient (Wildman–Crippen LogP) is 3.98. The number of nitrogens with one attached hydrogen (secondary N) is 1. The van der Waals surface area contributed by atoms with Gasteiger partial charge in [0.25, 0.3) is 0 Å². The molecule has 1 heterocycles. The smallest absolute Gasteiger partial charge is 0.228 e. The zero-order chi connectivity index (χ0) is 18.0. The Balaban J connectivity index is 1.74. The molecule has 0 bridgehead atoms. The second-order valence-corrected chi connectivity index (χ2v) is 7.45. The highest BCUT2D eigenvalue weighted by atomic mass is 32.3. The fourth-order valence-corrected chi connectivity index (χ4v) is 3.89. The van der Waals surface area contributed by atoms with Crippen molar-refractivity contribution in [3.8, 4) is 11.5 Å². The minimum atomic E-state index is -2.91. The van der Waals surface area contributed by atoms with Crippen LogP contribution >= 0.6 is 10.6 Å². The van der Waals surface area contributed by atoms with E-state index in [0.717, 1.165) is 11.1 Å². The molecule has 25 heavy (non-hydrogen) atoms. The third-order valence-corrected chi connectivity index (χ3v) is 5.42. The van der Waals surface area contributed by atoms with Gasteiger partial charge >= 0.3 is 0 Å². The number of methoxy groups -OCH3 is 2. The van der Waals surface area contributed by atoms with Gasteiger partial charge < -0.3 is 14.8 Å². The summed E-state index contributed by atoms with van der Waals surface area (Å²) in [5.41, 5.74) is 1.99. The minimum absolute atomic E-state index is 0.124. The maximum atomic E-state index is 12.3. The molecule has 0 saturated carbocycles. The fourth-order valence-electron chi connectivity index (χ4n) is 2.63. The van der Waals surface area contributed by atoms with Crippen LogP contribution in [0.2, 0.25) is 0 Å². The summed E-state index contributed by atoms with van der Waals surface area (Å²) in [6, 6.07) is 10.3. The summed E-state index contributed by atoms with van der Waals surface area (Å²) in [6.45, 7) is 0. The molecule has 0 saturated heterocycles. The second-order valence-electron chi connectivity index (χ2n) is 5.55. The van der Waals surface area contributed by atoms with Crippen LogP contribution < -0.4 is 14.8 Å². The molecule has 1 aliphatic rings. The molecule has 0 fully saturated rings. The summed E-state index contributed by atoms with van der Waals surface area (Å²) in [5, 5.41) is 4.16. The summed E-state index contributed by atoms with van der Waals surface area (Å²) in [4.78, 5) is 12.8. The van der Waals surface area contributed by atoms with Crippen molar-refractivity contribution >= 4 is 28.3 Å². The standard InChI is InChI=1S/C18H19NO5S/c1-23-15-6-4-13(16(11-15)24-2)9-18(20)19-14-5-3-12-7-8-25(21,22)17(12)10-14/h3-8,10-11,21-22H,9H2,1-2H3,(H,19,20). The van der Waals surface area contributed by atoms with E-state index in [4.69, 9.17) is 9.47 Å². The number of ether oxygens (including phenoxy) is 2. The first-order chi connectivity index (χ1) is 11.9. The molecule has 0 atom stereocenters. The number of carbonyl (C=O) groups excluding carboxylic acids is 1. The van der Waals surface area contributed by atoms with Crippen LogP contribution in [0.3, 0.4) is 0 Å². The lowest BCUT2D eigenvalue weighted by Gasteiger charge is -2.25. The van der Waals surface area contributed by atoms with Crippen LogP contribution in [-0.4, -0.2) is 29.2 Å². The Bertz CT molecular complexity index is 847. The minimum Gasteiger partial charge on any atom is -0.497 e. The number of rotatable bonds is 5. The van der Waals surface area contributed by atoms with Gasteiger partial charge in [0.2, 0.25) is 5.91 Å². The Kier molecular flexibility index (Phi) is 4.71. The second kappa shape index (κ2) is 6.79. The topological polar surface area (TPSA) is 88.0 Å². The maximum absolute atomic E-state index is 12.3. The van der Waals surface area contributed by atoms with Gasteiger partial charge in [-0.25, -0.2) is 0 Å². The average molecular weight is 361 g/mol. The number of anilines is 1. The highest BCUT2D eigenvalue weighted by Crippen LogP contribution is 2.56. The number of carbonyl (C=O) groups is 1. The molecule has 7 heteroatoms. The molecule has 0 aromatic heterocycles. The molecule has 6 nitrogen and oxygen atoms in total. The lowest BCUT2D eigenvalue weighted by molar-refractivity contribution is -0.115. The lowest BCUT2D eigenvalue weighted by Crippen LogP contribution is -2.15. The van der Waals surface area contributed by atoms with Crippen molar-refractivity contribution in [3.63, 3.8) is 0 Å². The number of hydrogen-bond donors (Lipinski definition) is 3. The van der Waals surface area contributed by atoms with E-state index in [1.54, 1.807) is 49.6 Å². The van der Waals surface area contributed by atoms with E-state index >= 15 is 0 Å². The number of benzene rings is 2. The summed E-state index contributed by atoms with van der Waals surface area (Å²) in [7, 11) is 0.193. The van der Waals surface area contributed by atoms with E-state index in [9.17, 15) is 13.9 Å². The molecule has 1 aliphatic heterocycles. The molecule has 0 radical (unpaired) electrons. The monoisotopic (exact) mass is 361 g/mol. The van der Waals surface area contributed by atoms with Crippen LogP contribution in [0.5, 0.6) is 11.5 Å². The van der Waals surface area contributed by atoms with Gasteiger partial charge in [0.15, 0.2) is 0 Å². The number of amides is 1. The van der Waals surface area contributed by atoms with E-state index in [2.05, 4.69) is 5.32 Å². The van der Waals surface area contributed by atoms with Gasteiger partial charge in [-0.2, -0.15) is 0 Å². The lowest BCUT2D eigenvalue weighted by atomic mass is 10.1. The molecule has 0 aliphatic carbocycles. The van der Waals surface area contributed by atoms with E-state index in [0.29, 0.717) is 22.1 Å². The first kappa shape index (κ1) is 17.3. The summed E-state index contributed by atoms with van der Waals surface area (Å²) in [6.07, 6.45) is 1.79. The van der Waals surface area contributed by atoms with Crippen LogP contribution in [0, 0.1) is 0 Å². The molecule has 2 aromatic carbocycles. The highest BCUT2D eigenvalue weighted by molar-refractivity contribution is 8.27. The fraction of sp³-hybridized carbons (Fsp3) is 0.167. The molecule has 3 rings (SSSR count). The van der Waals surface area contributed by atoms with Gasteiger partial charge in [-0.3, -0.25) is 13.9 Å². The number of fused-ring (bicyclic) bond motifs is 1. The highest BCUT2D eigenvalue weighted by Gasteiger charge is 2.22. The SMILES string of the molecule is COc1ccc(CC(=O)Nc2ccc3c(c2)S(O)(O)C=C3)c(OC)c1. The Labute approximate surface area is 147 Å². The number of hydrogen-bond acceptors (Lipinski definition) is 5.